The second-order valence-corrected chi connectivity index (χ2v) is 4.87. The van der Waals surface area contributed by atoms with Crippen molar-refractivity contribution >= 4 is 5.82 Å². The molecule has 1 aromatic heterocycles. The van der Waals surface area contributed by atoms with Crippen LogP contribution in [0, 0.1) is 13.8 Å². The predicted octanol–water partition coefficient (Wildman–Crippen LogP) is 2.56. The van der Waals surface area contributed by atoms with Crippen LogP contribution < -0.4 is 5.73 Å². The molecule has 0 saturated carbocycles. The van der Waals surface area contributed by atoms with Gasteiger partial charge in [-0.05, 0) is 50.3 Å². The van der Waals surface area contributed by atoms with E-state index in [0.717, 1.165) is 12.8 Å². The number of aryl methyl sites for hydroxylation is 2. The van der Waals surface area contributed by atoms with Gasteiger partial charge in [0, 0.05) is 11.3 Å². The van der Waals surface area contributed by atoms with Crippen molar-refractivity contribution < 1.29 is 0 Å². The summed E-state index contributed by atoms with van der Waals surface area (Å²) in [6.45, 7) is 4.23. The highest BCUT2D eigenvalue weighted by Gasteiger charge is 2.22. The summed E-state index contributed by atoms with van der Waals surface area (Å²) in [6, 6.07) is 6.45. The Morgan fingerprint density at radius 3 is 2.88 bits per heavy atom. The van der Waals surface area contributed by atoms with E-state index in [4.69, 9.17) is 5.73 Å². The standard InChI is InChI=1S/C14H17N3/c1-9-6-7-10(2)13(8-9)17-12-5-3-4-11(12)14(15)16-17/h6-8H,3-5H2,1-2H3,(H2,15,16). The fourth-order valence-corrected chi connectivity index (χ4v) is 2.61. The van der Waals surface area contributed by atoms with E-state index in [9.17, 15) is 0 Å². The number of nitrogen functional groups attached to an aromatic ring is 1. The quantitative estimate of drug-likeness (QED) is 0.813. The Labute approximate surface area is 101 Å². The number of nitrogens with zero attached hydrogens (tertiary/aromatic N) is 2. The molecule has 3 rings (SSSR count). The Balaban J connectivity index is 2.22. The minimum Gasteiger partial charge on any atom is -0.382 e. The van der Waals surface area contributed by atoms with Crippen LogP contribution in [0.1, 0.15) is 28.8 Å². The topological polar surface area (TPSA) is 43.8 Å². The van der Waals surface area contributed by atoms with Crippen LogP contribution in [0.4, 0.5) is 5.82 Å². The van der Waals surface area contributed by atoms with Gasteiger partial charge in [-0.3, -0.25) is 0 Å². The summed E-state index contributed by atoms with van der Waals surface area (Å²) >= 11 is 0. The van der Waals surface area contributed by atoms with Crippen LogP contribution in [-0.2, 0) is 12.8 Å². The maximum atomic E-state index is 5.99. The number of anilines is 1. The molecule has 3 nitrogen and oxygen atoms in total. The zero-order valence-corrected chi connectivity index (χ0v) is 10.3. The van der Waals surface area contributed by atoms with Crippen molar-refractivity contribution in [1.82, 2.24) is 9.78 Å². The van der Waals surface area contributed by atoms with Crippen LogP contribution in [0.3, 0.4) is 0 Å². The first kappa shape index (κ1) is 10.4. The van der Waals surface area contributed by atoms with E-state index in [-0.39, 0.29) is 0 Å². The Morgan fingerprint density at radius 2 is 2.06 bits per heavy atom. The molecule has 1 aliphatic carbocycles. The summed E-state index contributed by atoms with van der Waals surface area (Å²) < 4.78 is 2.04. The molecule has 1 aromatic carbocycles. The van der Waals surface area contributed by atoms with Crippen LogP contribution in [0.25, 0.3) is 5.69 Å². The van der Waals surface area contributed by atoms with E-state index in [1.807, 2.05) is 4.68 Å². The summed E-state index contributed by atoms with van der Waals surface area (Å²) in [5, 5.41) is 4.50. The summed E-state index contributed by atoms with van der Waals surface area (Å²) in [4.78, 5) is 0. The Bertz CT molecular complexity index is 581. The number of rotatable bonds is 1. The lowest BCUT2D eigenvalue weighted by Gasteiger charge is -2.09. The van der Waals surface area contributed by atoms with Crippen molar-refractivity contribution in [1.29, 1.82) is 0 Å². The number of nitrogens with two attached hydrogens (primary N) is 1. The van der Waals surface area contributed by atoms with Gasteiger partial charge >= 0.3 is 0 Å². The predicted molar refractivity (Wildman–Crippen MR) is 69.5 cm³/mol. The van der Waals surface area contributed by atoms with Gasteiger partial charge in [-0.25, -0.2) is 4.68 Å². The molecular formula is C14H17N3. The van der Waals surface area contributed by atoms with Gasteiger partial charge in [-0.1, -0.05) is 12.1 Å². The second kappa shape index (κ2) is 3.62. The molecule has 0 atom stereocenters. The molecular weight excluding hydrogens is 210 g/mol. The van der Waals surface area contributed by atoms with Gasteiger partial charge in [-0.15, -0.1) is 0 Å². The van der Waals surface area contributed by atoms with Gasteiger partial charge in [0.25, 0.3) is 0 Å². The maximum Gasteiger partial charge on any atom is 0.149 e. The van der Waals surface area contributed by atoms with Crippen molar-refractivity contribution in [3.63, 3.8) is 0 Å². The molecule has 88 valence electrons. The fraction of sp³-hybridized carbons (Fsp3) is 0.357. The largest absolute Gasteiger partial charge is 0.382 e. The third-order valence-electron chi connectivity index (χ3n) is 3.55. The minimum atomic E-state index is 0.707. The number of benzene rings is 1. The van der Waals surface area contributed by atoms with Gasteiger partial charge in [0.15, 0.2) is 0 Å². The third-order valence-corrected chi connectivity index (χ3v) is 3.55. The van der Waals surface area contributed by atoms with E-state index < -0.39 is 0 Å². The summed E-state index contributed by atoms with van der Waals surface area (Å²) in [5.74, 6) is 0.707. The number of hydrogen-bond acceptors (Lipinski definition) is 2. The van der Waals surface area contributed by atoms with Crippen LogP contribution in [-0.4, -0.2) is 9.78 Å². The average Bonchev–Trinajstić information content (AvgIpc) is 2.87. The zero-order valence-electron chi connectivity index (χ0n) is 10.3. The van der Waals surface area contributed by atoms with E-state index in [2.05, 4.69) is 37.1 Å². The smallest absolute Gasteiger partial charge is 0.149 e. The Morgan fingerprint density at radius 1 is 1.24 bits per heavy atom. The van der Waals surface area contributed by atoms with Gasteiger partial charge < -0.3 is 5.73 Å². The van der Waals surface area contributed by atoms with E-state index in [1.165, 1.54) is 34.5 Å². The van der Waals surface area contributed by atoms with Crippen LogP contribution in [0.5, 0.6) is 0 Å². The molecule has 1 aliphatic rings. The van der Waals surface area contributed by atoms with Crippen molar-refractivity contribution in [2.45, 2.75) is 33.1 Å². The van der Waals surface area contributed by atoms with Gasteiger partial charge in [-0.2, -0.15) is 5.10 Å². The molecule has 17 heavy (non-hydrogen) atoms. The molecule has 0 bridgehead atoms. The van der Waals surface area contributed by atoms with Crippen molar-refractivity contribution in [2.24, 2.45) is 0 Å². The molecule has 0 spiro atoms. The molecule has 0 fully saturated rings. The first-order valence-corrected chi connectivity index (χ1v) is 6.10. The average molecular weight is 227 g/mol. The number of fused-ring (bicyclic) bond motifs is 1. The zero-order chi connectivity index (χ0) is 12.0. The molecule has 0 aliphatic heterocycles. The molecule has 3 heteroatoms. The summed E-state index contributed by atoms with van der Waals surface area (Å²) in [5.41, 5.74) is 12.2. The third kappa shape index (κ3) is 1.54. The highest BCUT2D eigenvalue weighted by molar-refractivity contribution is 5.51. The Kier molecular flexibility index (Phi) is 2.21. The molecule has 0 unspecified atom stereocenters. The molecule has 0 radical (unpaired) electrons. The van der Waals surface area contributed by atoms with Crippen LogP contribution in [0.15, 0.2) is 18.2 Å². The van der Waals surface area contributed by atoms with Gasteiger partial charge in [0.05, 0.1) is 5.69 Å². The molecule has 0 amide bonds. The lowest BCUT2D eigenvalue weighted by molar-refractivity contribution is 0.784. The summed E-state index contributed by atoms with van der Waals surface area (Å²) in [7, 11) is 0. The normalized spacial score (nSPS) is 14.0. The van der Waals surface area contributed by atoms with Crippen LogP contribution >= 0.6 is 0 Å². The number of aromatic nitrogens is 2. The second-order valence-electron chi connectivity index (χ2n) is 4.87. The lowest BCUT2D eigenvalue weighted by atomic mass is 10.1. The highest BCUT2D eigenvalue weighted by atomic mass is 15.3. The van der Waals surface area contributed by atoms with E-state index in [1.54, 1.807) is 0 Å². The van der Waals surface area contributed by atoms with E-state index >= 15 is 0 Å². The van der Waals surface area contributed by atoms with Crippen molar-refractivity contribution in [3.05, 3.63) is 40.6 Å². The monoisotopic (exact) mass is 227 g/mol. The molecule has 1 heterocycles. The van der Waals surface area contributed by atoms with Crippen molar-refractivity contribution in [2.75, 3.05) is 5.73 Å². The lowest BCUT2D eigenvalue weighted by Crippen LogP contribution is -2.04. The van der Waals surface area contributed by atoms with E-state index in [0.29, 0.717) is 5.82 Å². The van der Waals surface area contributed by atoms with Crippen molar-refractivity contribution in [3.8, 4) is 5.69 Å². The van der Waals surface area contributed by atoms with Gasteiger partial charge in [0.1, 0.15) is 5.82 Å². The van der Waals surface area contributed by atoms with Crippen LogP contribution in [0.2, 0.25) is 0 Å². The molecule has 2 N–H and O–H groups in total. The van der Waals surface area contributed by atoms with Gasteiger partial charge in [0.2, 0.25) is 0 Å². The minimum absolute atomic E-state index is 0.707. The fourth-order valence-electron chi connectivity index (χ4n) is 2.61. The first-order valence-electron chi connectivity index (χ1n) is 6.10. The first-order chi connectivity index (χ1) is 8.16. The summed E-state index contributed by atoms with van der Waals surface area (Å²) in [6.07, 6.45) is 3.36. The molecule has 0 saturated heterocycles. The Hall–Kier alpha value is -1.77. The molecule has 2 aromatic rings. The highest BCUT2D eigenvalue weighted by Crippen LogP contribution is 2.30. The number of hydrogen-bond donors (Lipinski definition) is 1. The maximum absolute atomic E-state index is 5.99. The SMILES string of the molecule is Cc1ccc(C)c(-n2nc(N)c3c2CCC3)c1.